The van der Waals surface area contributed by atoms with Gasteiger partial charge in [0.15, 0.2) is 11.2 Å². The SMILES string of the molecule is CN1C=CC=c2o/c(=C/C=C/C=C/c3nc4c(cc(Cl)c[n+]4C)s3)nc21. The quantitative estimate of drug-likeness (QED) is 0.515. The minimum atomic E-state index is 0.577. The van der Waals surface area contributed by atoms with Gasteiger partial charge in [-0.3, -0.25) is 0 Å². The fourth-order valence-corrected chi connectivity index (χ4v) is 3.90. The molecular weight excluding hydrogens is 368 g/mol. The molecule has 0 amide bonds. The summed E-state index contributed by atoms with van der Waals surface area (Å²) in [4.78, 5) is 11.0. The summed E-state index contributed by atoms with van der Waals surface area (Å²) in [6, 6.07) is 1.93. The van der Waals surface area contributed by atoms with Gasteiger partial charge < -0.3 is 9.32 Å². The molecule has 0 atom stereocenters. The van der Waals surface area contributed by atoms with Crippen LogP contribution >= 0.6 is 22.9 Å². The van der Waals surface area contributed by atoms with Crippen LogP contribution in [-0.4, -0.2) is 17.0 Å². The number of pyridine rings is 1. The van der Waals surface area contributed by atoms with Gasteiger partial charge in [-0.05, 0) is 23.2 Å². The van der Waals surface area contributed by atoms with E-state index in [-0.39, 0.29) is 0 Å². The van der Waals surface area contributed by atoms with Crippen molar-refractivity contribution in [3.05, 3.63) is 63.8 Å². The number of anilines is 1. The molecule has 0 unspecified atom stereocenters. The van der Waals surface area contributed by atoms with Crippen LogP contribution < -0.4 is 20.4 Å². The van der Waals surface area contributed by atoms with Gasteiger partial charge in [0, 0.05) is 25.4 Å². The van der Waals surface area contributed by atoms with Crippen molar-refractivity contribution in [2.75, 3.05) is 11.9 Å². The number of halogens is 1. The summed E-state index contributed by atoms with van der Waals surface area (Å²) in [5.74, 6) is 0.823. The summed E-state index contributed by atoms with van der Waals surface area (Å²) in [6.45, 7) is 0. The largest absolute Gasteiger partial charge is 0.435 e. The van der Waals surface area contributed by atoms with E-state index in [1.54, 1.807) is 11.3 Å². The number of thiazole rings is 1. The monoisotopic (exact) mass is 383 g/mol. The van der Waals surface area contributed by atoms with E-state index in [2.05, 4.69) is 9.97 Å². The van der Waals surface area contributed by atoms with Gasteiger partial charge in [-0.25, -0.2) is 4.57 Å². The number of allylic oxidation sites excluding steroid dienone is 4. The summed E-state index contributed by atoms with van der Waals surface area (Å²) in [5.41, 5.74) is 2.27. The molecule has 4 heterocycles. The van der Waals surface area contributed by atoms with Crippen molar-refractivity contribution in [1.82, 2.24) is 9.97 Å². The van der Waals surface area contributed by atoms with Gasteiger partial charge in [0.1, 0.15) is 10.9 Å². The third kappa shape index (κ3) is 3.34. The number of nitrogens with zero attached hydrogens (tertiary/aromatic N) is 4. The van der Waals surface area contributed by atoms with E-state index in [9.17, 15) is 0 Å². The maximum atomic E-state index is 6.08. The van der Waals surface area contributed by atoms with Gasteiger partial charge >= 0.3 is 5.65 Å². The van der Waals surface area contributed by atoms with Crippen molar-refractivity contribution in [2.45, 2.75) is 0 Å². The van der Waals surface area contributed by atoms with Crippen LogP contribution in [0.5, 0.6) is 0 Å². The van der Waals surface area contributed by atoms with Gasteiger partial charge in [0.2, 0.25) is 10.6 Å². The molecule has 0 saturated carbocycles. The second kappa shape index (κ2) is 6.90. The molecule has 0 fully saturated rings. The Labute approximate surface area is 159 Å². The number of hydrogen-bond acceptors (Lipinski definition) is 5. The molecule has 0 N–H and O–H groups in total. The van der Waals surface area contributed by atoms with Gasteiger partial charge in [-0.1, -0.05) is 41.2 Å². The lowest BCUT2D eigenvalue weighted by atomic mass is 10.4. The van der Waals surface area contributed by atoms with Gasteiger partial charge in [-0.2, -0.15) is 4.98 Å². The highest BCUT2D eigenvalue weighted by Crippen LogP contribution is 2.23. The Morgan fingerprint density at radius 1 is 1.27 bits per heavy atom. The minimum absolute atomic E-state index is 0.577. The van der Waals surface area contributed by atoms with E-state index in [4.69, 9.17) is 16.0 Å². The molecule has 3 aromatic rings. The lowest BCUT2D eigenvalue weighted by Crippen LogP contribution is -2.28. The van der Waals surface area contributed by atoms with Crippen molar-refractivity contribution in [3.8, 4) is 0 Å². The molecule has 26 heavy (non-hydrogen) atoms. The number of aromatic nitrogens is 3. The van der Waals surface area contributed by atoms with Gasteiger partial charge in [0.05, 0.1) is 12.1 Å². The first-order chi connectivity index (χ1) is 12.6. The Hall–Kier alpha value is -2.70. The first-order valence-electron chi connectivity index (χ1n) is 7.99. The first-order valence-corrected chi connectivity index (χ1v) is 9.18. The van der Waals surface area contributed by atoms with E-state index in [0.717, 1.165) is 26.6 Å². The molecule has 7 heteroatoms. The zero-order valence-electron chi connectivity index (χ0n) is 14.3. The predicted molar refractivity (Wildman–Crippen MR) is 106 cm³/mol. The Morgan fingerprint density at radius 2 is 2.15 bits per heavy atom. The Bertz CT molecular complexity index is 1190. The molecule has 0 aliphatic carbocycles. The smallest absolute Gasteiger partial charge is 0.342 e. The molecule has 0 aromatic carbocycles. The van der Waals surface area contributed by atoms with Crippen LogP contribution in [0.1, 0.15) is 5.01 Å². The third-order valence-corrected chi connectivity index (χ3v) is 4.98. The molecule has 4 rings (SSSR count). The summed E-state index contributed by atoms with van der Waals surface area (Å²) in [5, 5.41) is 1.64. The molecule has 1 aliphatic rings. The second-order valence-electron chi connectivity index (χ2n) is 5.78. The lowest BCUT2D eigenvalue weighted by molar-refractivity contribution is -0.646. The predicted octanol–water partition coefficient (Wildman–Crippen LogP) is 2.56. The fourth-order valence-electron chi connectivity index (χ4n) is 2.61. The number of aryl methyl sites for hydroxylation is 1. The Balaban J connectivity index is 1.51. The molecule has 130 valence electrons. The van der Waals surface area contributed by atoms with Crippen LogP contribution in [0.25, 0.3) is 28.6 Å². The average molecular weight is 384 g/mol. The molecular formula is C19H16ClN4OS+. The van der Waals surface area contributed by atoms with Crippen LogP contribution in [0.15, 0.2) is 47.2 Å². The van der Waals surface area contributed by atoms with Crippen LogP contribution in [-0.2, 0) is 7.05 Å². The second-order valence-corrected chi connectivity index (χ2v) is 7.28. The topological polar surface area (TPSA) is 46.0 Å². The number of fused-ring (bicyclic) bond motifs is 2. The minimum Gasteiger partial charge on any atom is -0.435 e. The summed E-state index contributed by atoms with van der Waals surface area (Å²) >= 11 is 7.69. The maximum Gasteiger partial charge on any atom is 0.342 e. The molecule has 3 aromatic heterocycles. The zero-order chi connectivity index (χ0) is 18.1. The van der Waals surface area contributed by atoms with E-state index in [1.807, 2.05) is 84.6 Å². The first kappa shape index (κ1) is 16.8. The van der Waals surface area contributed by atoms with E-state index >= 15 is 0 Å². The van der Waals surface area contributed by atoms with Gasteiger partial charge in [-0.15, -0.1) is 0 Å². The molecule has 1 aliphatic heterocycles. The zero-order valence-corrected chi connectivity index (χ0v) is 15.8. The summed E-state index contributed by atoms with van der Waals surface area (Å²) in [6.07, 6.45) is 17.2. The van der Waals surface area contributed by atoms with Crippen molar-refractivity contribution in [1.29, 1.82) is 0 Å². The van der Waals surface area contributed by atoms with Crippen molar-refractivity contribution in [3.63, 3.8) is 0 Å². The Morgan fingerprint density at radius 3 is 3.00 bits per heavy atom. The Kier molecular flexibility index (Phi) is 4.44. The molecule has 0 bridgehead atoms. The van der Waals surface area contributed by atoms with E-state index in [1.165, 1.54) is 0 Å². The number of oxazole rings is 1. The van der Waals surface area contributed by atoms with Crippen LogP contribution in [0.4, 0.5) is 5.82 Å². The van der Waals surface area contributed by atoms with E-state index < -0.39 is 0 Å². The lowest BCUT2D eigenvalue weighted by Gasteiger charge is -2.10. The highest BCUT2D eigenvalue weighted by Gasteiger charge is 2.14. The molecule has 0 saturated heterocycles. The standard InChI is InChI=1S/C19H16ClN4OS/c1-23-10-6-7-14-18(23)21-16(25-14)8-4-3-5-9-17-22-19-15(26-17)11-13(20)12-24(19)2/h3-12H,1-2H3/q+1. The summed E-state index contributed by atoms with van der Waals surface area (Å²) < 4.78 is 8.69. The van der Waals surface area contributed by atoms with Crippen LogP contribution in [0, 0.1) is 0 Å². The number of rotatable bonds is 3. The number of hydrogen-bond donors (Lipinski definition) is 0. The van der Waals surface area contributed by atoms with Gasteiger partial charge in [0.25, 0.3) is 0 Å². The normalized spacial score (nSPS) is 14.7. The third-order valence-electron chi connectivity index (χ3n) is 3.81. The van der Waals surface area contributed by atoms with Crippen molar-refractivity contribution < 1.29 is 8.98 Å². The average Bonchev–Trinajstić information content (AvgIpc) is 3.19. The highest BCUT2D eigenvalue weighted by atomic mass is 35.5. The summed E-state index contributed by atoms with van der Waals surface area (Å²) in [7, 11) is 3.88. The van der Waals surface area contributed by atoms with Crippen molar-refractivity contribution >= 4 is 57.3 Å². The van der Waals surface area contributed by atoms with Crippen molar-refractivity contribution in [2.24, 2.45) is 7.05 Å². The van der Waals surface area contributed by atoms with Crippen LogP contribution in [0.2, 0.25) is 5.02 Å². The molecule has 0 spiro atoms. The molecule has 0 radical (unpaired) electrons. The highest BCUT2D eigenvalue weighted by molar-refractivity contribution is 7.19. The molecule has 5 nitrogen and oxygen atoms in total. The fraction of sp³-hybridized carbons (Fsp3) is 0.105. The maximum absolute atomic E-state index is 6.08. The van der Waals surface area contributed by atoms with Crippen LogP contribution in [0.3, 0.4) is 0 Å². The van der Waals surface area contributed by atoms with E-state index in [0.29, 0.717) is 10.6 Å².